The third-order valence-electron chi connectivity index (χ3n) is 6.10. The molecule has 0 radical (unpaired) electrons. The zero-order chi connectivity index (χ0) is 23.5. The molecule has 3 aromatic heterocycles. The Labute approximate surface area is 201 Å². The third kappa shape index (κ3) is 5.13. The molecule has 4 rings (SSSR count). The van der Waals surface area contributed by atoms with Gasteiger partial charge in [-0.25, -0.2) is 4.98 Å². The van der Waals surface area contributed by atoms with Crippen LogP contribution in [0.2, 0.25) is 10.0 Å². The van der Waals surface area contributed by atoms with Gasteiger partial charge < -0.3 is 19.5 Å². The molecule has 3 aromatic rings. The Bertz CT molecular complexity index is 1160. The van der Waals surface area contributed by atoms with Crippen LogP contribution in [-0.2, 0) is 16.0 Å². The Balaban J connectivity index is 1.61. The molecule has 0 aromatic carbocycles. The van der Waals surface area contributed by atoms with E-state index in [1.54, 1.807) is 43.5 Å². The quantitative estimate of drug-likeness (QED) is 0.571. The number of hydrogen-bond donors (Lipinski definition) is 1. The van der Waals surface area contributed by atoms with Crippen LogP contribution in [0.25, 0.3) is 11.0 Å². The van der Waals surface area contributed by atoms with Crippen molar-refractivity contribution in [3.05, 3.63) is 58.1 Å². The summed E-state index contributed by atoms with van der Waals surface area (Å²) in [6.07, 6.45) is 6.62. The molecule has 0 saturated carbocycles. The number of likely N-dealkylation sites (N-methyl/N-ethyl adjacent to an activating group) is 1. The highest BCUT2D eigenvalue weighted by Crippen LogP contribution is 2.23. The summed E-state index contributed by atoms with van der Waals surface area (Å²) < 4.78 is 5.43. The second-order valence-electron chi connectivity index (χ2n) is 8.14. The lowest BCUT2D eigenvalue weighted by molar-refractivity contribution is -0.138. The first-order chi connectivity index (χ1) is 15.9. The lowest BCUT2D eigenvalue weighted by Gasteiger charge is -2.36. The van der Waals surface area contributed by atoms with Crippen LogP contribution in [0, 0.1) is 0 Å². The number of nitrogens with one attached hydrogen (secondary N) is 1. The highest BCUT2D eigenvalue weighted by atomic mass is 35.5. The zero-order valence-electron chi connectivity index (χ0n) is 18.4. The number of carbonyl (C=O) groups is 2. The van der Waals surface area contributed by atoms with Crippen LogP contribution in [0.4, 0.5) is 0 Å². The highest BCUT2D eigenvalue weighted by molar-refractivity contribution is 6.31. The minimum absolute atomic E-state index is 0.120. The second-order valence-corrected chi connectivity index (χ2v) is 8.98. The van der Waals surface area contributed by atoms with E-state index >= 15 is 0 Å². The fourth-order valence-corrected chi connectivity index (χ4v) is 4.49. The summed E-state index contributed by atoms with van der Waals surface area (Å²) in [5.41, 5.74) is 1.64. The maximum Gasteiger partial charge on any atom is 0.270 e. The molecule has 174 valence electrons. The van der Waals surface area contributed by atoms with Gasteiger partial charge >= 0.3 is 0 Å². The van der Waals surface area contributed by atoms with Gasteiger partial charge in [0.25, 0.3) is 5.91 Å². The van der Waals surface area contributed by atoms with Gasteiger partial charge in [0, 0.05) is 57.6 Å². The average molecular weight is 490 g/mol. The molecule has 2 amide bonds. The molecular formula is C23H25Cl2N5O3. The Morgan fingerprint density at radius 2 is 2.03 bits per heavy atom. The number of methoxy groups -OCH3 is 1. The number of piperidine rings is 1. The molecule has 1 atom stereocenters. The van der Waals surface area contributed by atoms with Crippen LogP contribution in [0.5, 0.6) is 0 Å². The fourth-order valence-electron chi connectivity index (χ4n) is 4.13. The molecule has 1 aliphatic rings. The summed E-state index contributed by atoms with van der Waals surface area (Å²) in [5.74, 6) is -0.440. The molecule has 0 bridgehead atoms. The molecule has 1 saturated heterocycles. The summed E-state index contributed by atoms with van der Waals surface area (Å²) >= 11 is 12.4. The molecule has 1 fully saturated rings. The maximum absolute atomic E-state index is 13.6. The Morgan fingerprint density at radius 1 is 1.27 bits per heavy atom. The molecule has 1 unspecified atom stereocenters. The number of amides is 2. The van der Waals surface area contributed by atoms with E-state index in [4.69, 9.17) is 27.9 Å². The van der Waals surface area contributed by atoms with Crippen molar-refractivity contribution in [2.24, 2.45) is 0 Å². The van der Waals surface area contributed by atoms with Crippen molar-refractivity contribution >= 4 is 46.0 Å². The maximum atomic E-state index is 13.6. The topological polar surface area (TPSA) is 91.4 Å². The number of halogens is 2. The molecule has 1 N–H and O–H groups in total. The fraction of sp³-hybridized carbons (Fsp3) is 0.391. The van der Waals surface area contributed by atoms with E-state index in [1.165, 1.54) is 17.3 Å². The SMILES string of the molecule is COC1CCN(C(=O)C(Cc2ccncc2Cl)N(C)C(=O)c2cc3cc(Cl)cnc3[nH]2)CC1. The smallest absolute Gasteiger partial charge is 0.270 e. The van der Waals surface area contributed by atoms with Crippen molar-refractivity contribution in [2.75, 3.05) is 27.2 Å². The van der Waals surface area contributed by atoms with Gasteiger partial charge in [-0.15, -0.1) is 0 Å². The first-order valence-corrected chi connectivity index (χ1v) is 11.4. The molecule has 8 nitrogen and oxygen atoms in total. The minimum atomic E-state index is -0.737. The summed E-state index contributed by atoms with van der Waals surface area (Å²) in [5, 5.41) is 1.66. The number of pyridine rings is 2. The van der Waals surface area contributed by atoms with Gasteiger partial charge in [0.05, 0.1) is 16.1 Å². The molecular weight excluding hydrogens is 465 g/mol. The summed E-state index contributed by atoms with van der Waals surface area (Å²) in [4.78, 5) is 41.5. The Morgan fingerprint density at radius 3 is 2.73 bits per heavy atom. The standard InChI is InChI=1S/C23H25Cl2N5O3/c1-29(22(31)19-10-15-9-16(24)12-27-21(15)28-19)20(11-14-3-6-26-13-18(14)25)23(32)30-7-4-17(33-2)5-8-30/h3,6,9-10,12-13,17,20H,4-5,7-8,11H2,1-2H3,(H,27,28). The van der Waals surface area contributed by atoms with Crippen molar-refractivity contribution in [3.8, 4) is 0 Å². The lowest BCUT2D eigenvalue weighted by atomic mass is 10.0. The van der Waals surface area contributed by atoms with Crippen LogP contribution >= 0.6 is 23.2 Å². The summed E-state index contributed by atoms with van der Waals surface area (Å²) in [6.45, 7) is 1.16. The molecule has 0 spiro atoms. The summed E-state index contributed by atoms with van der Waals surface area (Å²) in [6, 6.07) is 4.46. The molecule has 1 aliphatic heterocycles. The van der Waals surface area contributed by atoms with E-state index in [0.29, 0.717) is 34.5 Å². The van der Waals surface area contributed by atoms with Gasteiger partial charge in [-0.1, -0.05) is 23.2 Å². The van der Waals surface area contributed by atoms with E-state index in [-0.39, 0.29) is 24.3 Å². The monoisotopic (exact) mass is 489 g/mol. The molecule has 0 aliphatic carbocycles. The van der Waals surface area contributed by atoms with Gasteiger partial charge in [0.15, 0.2) is 0 Å². The largest absolute Gasteiger partial charge is 0.381 e. The molecule has 33 heavy (non-hydrogen) atoms. The van der Waals surface area contributed by atoms with Crippen molar-refractivity contribution in [3.63, 3.8) is 0 Å². The van der Waals surface area contributed by atoms with Crippen LogP contribution in [0.15, 0.2) is 36.8 Å². The average Bonchev–Trinajstić information content (AvgIpc) is 3.25. The van der Waals surface area contributed by atoms with Gasteiger partial charge in [-0.05, 0) is 36.6 Å². The Kier molecular flexibility index (Phi) is 7.17. The van der Waals surface area contributed by atoms with Crippen LogP contribution in [0.3, 0.4) is 0 Å². The number of carbonyl (C=O) groups excluding carboxylic acids is 2. The number of nitrogens with zero attached hydrogens (tertiary/aromatic N) is 4. The van der Waals surface area contributed by atoms with Crippen molar-refractivity contribution in [1.29, 1.82) is 0 Å². The number of likely N-dealkylation sites (tertiary alicyclic amines) is 1. The van der Waals surface area contributed by atoms with E-state index in [9.17, 15) is 9.59 Å². The van der Waals surface area contributed by atoms with Gasteiger partial charge in [0.2, 0.25) is 5.91 Å². The van der Waals surface area contributed by atoms with Gasteiger partial charge in [-0.3, -0.25) is 14.6 Å². The number of fused-ring (bicyclic) bond motifs is 1. The van der Waals surface area contributed by atoms with Crippen LogP contribution in [0.1, 0.15) is 28.9 Å². The normalized spacial score (nSPS) is 15.6. The molecule has 4 heterocycles. The van der Waals surface area contributed by atoms with Crippen molar-refractivity contribution in [2.45, 2.75) is 31.4 Å². The third-order valence-corrected chi connectivity index (χ3v) is 6.64. The lowest BCUT2D eigenvalue weighted by Crippen LogP contribution is -2.53. The number of hydrogen-bond acceptors (Lipinski definition) is 5. The van der Waals surface area contributed by atoms with E-state index < -0.39 is 6.04 Å². The van der Waals surface area contributed by atoms with E-state index in [2.05, 4.69) is 15.0 Å². The highest BCUT2D eigenvalue weighted by Gasteiger charge is 2.34. The second kappa shape index (κ2) is 10.1. The number of rotatable bonds is 6. The number of ether oxygens (including phenoxy) is 1. The number of aromatic nitrogens is 3. The first kappa shape index (κ1) is 23.5. The van der Waals surface area contributed by atoms with Crippen molar-refractivity contribution in [1.82, 2.24) is 24.8 Å². The van der Waals surface area contributed by atoms with E-state index in [1.807, 2.05) is 0 Å². The predicted octanol–water partition coefficient (Wildman–Crippen LogP) is 3.59. The van der Waals surface area contributed by atoms with Crippen molar-refractivity contribution < 1.29 is 14.3 Å². The Hall–Kier alpha value is -2.68. The van der Waals surface area contributed by atoms with Gasteiger partial charge in [0.1, 0.15) is 17.4 Å². The zero-order valence-corrected chi connectivity index (χ0v) is 19.9. The van der Waals surface area contributed by atoms with Crippen LogP contribution in [-0.4, -0.2) is 76.0 Å². The van der Waals surface area contributed by atoms with Crippen LogP contribution < -0.4 is 0 Å². The number of H-pyrrole nitrogens is 1. The van der Waals surface area contributed by atoms with E-state index in [0.717, 1.165) is 23.8 Å². The van der Waals surface area contributed by atoms with Gasteiger partial charge in [-0.2, -0.15) is 0 Å². The summed E-state index contributed by atoms with van der Waals surface area (Å²) in [7, 11) is 3.32. The number of aromatic amines is 1. The predicted molar refractivity (Wildman–Crippen MR) is 127 cm³/mol. The molecule has 10 heteroatoms. The minimum Gasteiger partial charge on any atom is -0.381 e. The first-order valence-electron chi connectivity index (χ1n) is 10.7.